The number of benzene rings is 1. The largest absolute Gasteiger partial charge is 0.459 e. The van der Waals surface area contributed by atoms with E-state index in [2.05, 4.69) is 10.4 Å². The second-order valence-electron chi connectivity index (χ2n) is 4.43. The van der Waals surface area contributed by atoms with E-state index >= 15 is 0 Å². The first-order valence-corrected chi connectivity index (χ1v) is 6.03. The average molecular weight is 259 g/mol. The zero-order chi connectivity index (χ0) is 13.4. The van der Waals surface area contributed by atoms with E-state index < -0.39 is 0 Å². The summed E-state index contributed by atoms with van der Waals surface area (Å²) in [5.41, 5.74) is 1.67. The van der Waals surface area contributed by atoms with Crippen LogP contribution in [-0.4, -0.2) is 16.8 Å². The minimum Gasteiger partial charge on any atom is -0.459 e. The molecular formula is C14H14FN3O. The fraction of sp³-hybridized carbons (Fsp3) is 0.214. The first kappa shape index (κ1) is 11.9. The molecule has 1 atom stereocenters. The van der Waals surface area contributed by atoms with Gasteiger partial charge in [-0.3, -0.25) is 4.68 Å². The molecule has 19 heavy (non-hydrogen) atoms. The van der Waals surface area contributed by atoms with Crippen LogP contribution in [0.25, 0.3) is 11.0 Å². The molecule has 3 rings (SSSR count). The molecule has 1 aromatic carbocycles. The van der Waals surface area contributed by atoms with Crippen molar-refractivity contribution in [2.45, 2.75) is 6.04 Å². The summed E-state index contributed by atoms with van der Waals surface area (Å²) in [6.07, 6.45) is 1.74. The van der Waals surface area contributed by atoms with Gasteiger partial charge in [-0.25, -0.2) is 4.39 Å². The van der Waals surface area contributed by atoms with Gasteiger partial charge < -0.3 is 9.73 Å². The highest BCUT2D eigenvalue weighted by Gasteiger charge is 2.19. The normalized spacial score (nSPS) is 13.0. The number of hydrogen-bond donors (Lipinski definition) is 1. The molecule has 0 saturated carbocycles. The van der Waals surface area contributed by atoms with E-state index in [1.165, 1.54) is 12.1 Å². The van der Waals surface area contributed by atoms with E-state index in [4.69, 9.17) is 4.42 Å². The van der Waals surface area contributed by atoms with Crippen LogP contribution >= 0.6 is 0 Å². The molecule has 1 unspecified atom stereocenters. The Kier molecular flexibility index (Phi) is 2.83. The predicted octanol–water partition coefficient (Wildman–Crippen LogP) is 2.61. The van der Waals surface area contributed by atoms with Crippen molar-refractivity contribution in [1.82, 2.24) is 15.1 Å². The third-order valence-corrected chi connectivity index (χ3v) is 3.23. The Labute approximate surface area is 109 Å². The lowest BCUT2D eigenvalue weighted by Gasteiger charge is -2.13. The molecule has 1 N–H and O–H groups in total. The Balaban J connectivity index is 2.09. The molecular weight excluding hydrogens is 245 g/mol. The van der Waals surface area contributed by atoms with E-state index in [9.17, 15) is 4.39 Å². The third kappa shape index (κ3) is 2.02. The molecule has 0 aliphatic heterocycles. The summed E-state index contributed by atoms with van der Waals surface area (Å²) >= 11 is 0. The molecule has 0 radical (unpaired) electrons. The number of nitrogens with zero attached hydrogens (tertiary/aromatic N) is 2. The Morgan fingerprint density at radius 3 is 2.84 bits per heavy atom. The molecule has 2 aromatic heterocycles. The molecule has 0 spiro atoms. The van der Waals surface area contributed by atoms with Gasteiger partial charge in [0.1, 0.15) is 23.2 Å². The summed E-state index contributed by atoms with van der Waals surface area (Å²) in [6, 6.07) is 8.18. The highest BCUT2D eigenvalue weighted by atomic mass is 19.1. The van der Waals surface area contributed by atoms with Crippen molar-refractivity contribution in [2.24, 2.45) is 7.05 Å². The fourth-order valence-corrected chi connectivity index (χ4v) is 2.28. The zero-order valence-corrected chi connectivity index (χ0v) is 10.7. The van der Waals surface area contributed by atoms with E-state index in [0.29, 0.717) is 5.58 Å². The molecule has 0 aliphatic rings. The minimum absolute atomic E-state index is 0.108. The summed E-state index contributed by atoms with van der Waals surface area (Å²) in [5.74, 6) is 0.480. The molecule has 0 bridgehead atoms. The van der Waals surface area contributed by atoms with Crippen LogP contribution in [0.1, 0.15) is 17.5 Å². The van der Waals surface area contributed by atoms with Gasteiger partial charge in [0.2, 0.25) is 0 Å². The summed E-state index contributed by atoms with van der Waals surface area (Å²) in [6.45, 7) is 0. The molecule has 98 valence electrons. The molecule has 3 aromatic rings. The van der Waals surface area contributed by atoms with E-state index in [-0.39, 0.29) is 11.9 Å². The Morgan fingerprint density at radius 1 is 1.32 bits per heavy atom. The smallest absolute Gasteiger partial charge is 0.134 e. The highest BCUT2D eigenvalue weighted by Crippen LogP contribution is 2.28. The van der Waals surface area contributed by atoms with Crippen LogP contribution in [0.5, 0.6) is 0 Å². The lowest BCUT2D eigenvalue weighted by atomic mass is 10.1. The summed E-state index contributed by atoms with van der Waals surface area (Å²) in [5, 5.41) is 8.10. The first-order valence-electron chi connectivity index (χ1n) is 6.03. The minimum atomic E-state index is -0.263. The topological polar surface area (TPSA) is 43.0 Å². The van der Waals surface area contributed by atoms with E-state index in [0.717, 1.165) is 16.8 Å². The second-order valence-corrected chi connectivity index (χ2v) is 4.43. The number of hydrogen-bond acceptors (Lipinski definition) is 3. The average Bonchev–Trinajstić information content (AvgIpc) is 2.97. The second kappa shape index (κ2) is 4.51. The molecule has 0 amide bonds. The van der Waals surface area contributed by atoms with Gasteiger partial charge in [-0.05, 0) is 37.4 Å². The van der Waals surface area contributed by atoms with Crippen LogP contribution in [0, 0.1) is 5.82 Å². The number of nitrogens with one attached hydrogen (secondary N) is 1. The van der Waals surface area contributed by atoms with Crippen LogP contribution in [-0.2, 0) is 7.05 Å². The predicted molar refractivity (Wildman–Crippen MR) is 70.3 cm³/mol. The maximum absolute atomic E-state index is 13.2. The van der Waals surface area contributed by atoms with E-state index in [1.54, 1.807) is 16.9 Å². The van der Waals surface area contributed by atoms with Crippen molar-refractivity contribution in [2.75, 3.05) is 7.05 Å². The van der Waals surface area contributed by atoms with Gasteiger partial charge in [0.25, 0.3) is 0 Å². The third-order valence-electron chi connectivity index (χ3n) is 3.23. The molecule has 4 nitrogen and oxygen atoms in total. The van der Waals surface area contributed by atoms with Crippen LogP contribution in [0.2, 0.25) is 0 Å². The molecule has 0 fully saturated rings. The number of halogens is 1. The zero-order valence-electron chi connectivity index (χ0n) is 10.7. The van der Waals surface area contributed by atoms with Gasteiger partial charge in [0.15, 0.2) is 0 Å². The van der Waals surface area contributed by atoms with Crippen molar-refractivity contribution in [3.63, 3.8) is 0 Å². The summed E-state index contributed by atoms with van der Waals surface area (Å²) in [7, 11) is 3.73. The van der Waals surface area contributed by atoms with Crippen LogP contribution in [0.15, 0.2) is 40.9 Å². The van der Waals surface area contributed by atoms with Gasteiger partial charge >= 0.3 is 0 Å². The van der Waals surface area contributed by atoms with Crippen LogP contribution in [0.3, 0.4) is 0 Å². The van der Waals surface area contributed by atoms with Crippen molar-refractivity contribution < 1.29 is 8.81 Å². The highest BCUT2D eigenvalue weighted by molar-refractivity contribution is 5.78. The Morgan fingerprint density at radius 2 is 2.16 bits per heavy atom. The number of aromatic nitrogens is 2. The summed E-state index contributed by atoms with van der Waals surface area (Å²) < 4.78 is 20.8. The lowest BCUT2D eigenvalue weighted by Crippen LogP contribution is -2.20. The van der Waals surface area contributed by atoms with Crippen LogP contribution < -0.4 is 5.32 Å². The Hall–Kier alpha value is -2.14. The molecule has 2 heterocycles. The van der Waals surface area contributed by atoms with Gasteiger partial charge in [-0.1, -0.05) is 0 Å². The van der Waals surface area contributed by atoms with E-state index in [1.807, 2.05) is 26.2 Å². The quantitative estimate of drug-likeness (QED) is 0.786. The lowest BCUT2D eigenvalue weighted by molar-refractivity contribution is 0.473. The number of rotatable bonds is 3. The first-order chi connectivity index (χ1) is 9.19. The van der Waals surface area contributed by atoms with Crippen molar-refractivity contribution in [3.05, 3.63) is 53.8 Å². The standard InChI is InChI=1S/C14H14FN3O/c1-16-14(11-5-6-17-18(11)2)13-8-9-7-10(15)3-4-12(9)19-13/h3-8,14,16H,1-2H3. The SMILES string of the molecule is CNC(c1cc2cc(F)ccc2o1)c1ccnn1C. The van der Waals surface area contributed by atoms with Gasteiger partial charge in [0.05, 0.1) is 5.69 Å². The number of furan rings is 1. The maximum Gasteiger partial charge on any atom is 0.134 e. The number of fused-ring (bicyclic) bond motifs is 1. The van der Waals surface area contributed by atoms with Crippen molar-refractivity contribution >= 4 is 11.0 Å². The molecule has 0 aliphatic carbocycles. The monoisotopic (exact) mass is 259 g/mol. The van der Waals surface area contributed by atoms with Crippen LogP contribution in [0.4, 0.5) is 4.39 Å². The number of aryl methyl sites for hydroxylation is 1. The van der Waals surface area contributed by atoms with Crippen molar-refractivity contribution in [1.29, 1.82) is 0 Å². The van der Waals surface area contributed by atoms with Gasteiger partial charge in [-0.2, -0.15) is 5.10 Å². The molecule has 5 heteroatoms. The van der Waals surface area contributed by atoms with Crippen molar-refractivity contribution in [3.8, 4) is 0 Å². The van der Waals surface area contributed by atoms with Gasteiger partial charge in [0, 0.05) is 18.6 Å². The molecule has 0 saturated heterocycles. The fourth-order valence-electron chi connectivity index (χ4n) is 2.28. The Bertz CT molecular complexity index is 716. The summed E-state index contributed by atoms with van der Waals surface area (Å²) in [4.78, 5) is 0. The maximum atomic E-state index is 13.2. The van der Waals surface area contributed by atoms with Gasteiger partial charge in [-0.15, -0.1) is 0 Å².